The highest BCUT2D eigenvalue weighted by Crippen LogP contribution is 2.27. The van der Waals surface area contributed by atoms with Crippen molar-refractivity contribution in [3.05, 3.63) is 12.3 Å². The zero-order valence-electron chi connectivity index (χ0n) is 8.55. The zero-order chi connectivity index (χ0) is 9.68. The molecule has 1 saturated carbocycles. The van der Waals surface area contributed by atoms with E-state index in [9.17, 15) is 0 Å². The van der Waals surface area contributed by atoms with Crippen LogP contribution in [0.2, 0.25) is 0 Å². The van der Waals surface area contributed by atoms with Gasteiger partial charge in [-0.1, -0.05) is 26.3 Å². The second kappa shape index (κ2) is 5.28. The number of aliphatic hydroxyl groups is 1. The fraction of sp³-hybridized carbons (Fsp3) is 0.818. The van der Waals surface area contributed by atoms with Gasteiger partial charge in [-0.25, -0.2) is 0 Å². The van der Waals surface area contributed by atoms with E-state index in [2.05, 4.69) is 18.8 Å². The smallest absolute Gasteiger partial charge is 0.0988 e. The number of hydrogen-bond donors (Lipinski definition) is 2. The van der Waals surface area contributed by atoms with Gasteiger partial charge in [-0.15, -0.1) is 0 Å². The van der Waals surface area contributed by atoms with E-state index in [-0.39, 0.29) is 5.76 Å². The van der Waals surface area contributed by atoms with Gasteiger partial charge in [0.15, 0.2) is 0 Å². The first-order valence-corrected chi connectivity index (χ1v) is 5.26. The summed E-state index contributed by atoms with van der Waals surface area (Å²) < 4.78 is 0. The highest BCUT2D eigenvalue weighted by Gasteiger charge is 2.17. The lowest BCUT2D eigenvalue weighted by molar-refractivity contribution is 0.279. The van der Waals surface area contributed by atoms with Gasteiger partial charge in [0.1, 0.15) is 0 Å². The van der Waals surface area contributed by atoms with Crippen molar-refractivity contribution in [2.75, 3.05) is 13.1 Å². The van der Waals surface area contributed by atoms with Crippen LogP contribution >= 0.6 is 0 Å². The first-order chi connectivity index (χ1) is 6.18. The molecular weight excluding hydrogens is 162 g/mol. The summed E-state index contributed by atoms with van der Waals surface area (Å²) in [5.41, 5.74) is 0. The molecule has 0 aromatic rings. The average Bonchev–Trinajstić information content (AvgIpc) is 2.08. The Labute approximate surface area is 81.0 Å². The predicted molar refractivity (Wildman–Crippen MR) is 55.8 cm³/mol. The number of rotatable bonds is 4. The molecule has 0 bridgehead atoms. The van der Waals surface area contributed by atoms with E-state index >= 15 is 0 Å². The molecule has 0 spiro atoms. The van der Waals surface area contributed by atoms with E-state index in [0.29, 0.717) is 6.54 Å². The van der Waals surface area contributed by atoms with Gasteiger partial charge >= 0.3 is 0 Å². The van der Waals surface area contributed by atoms with Crippen LogP contribution in [0.5, 0.6) is 0 Å². The van der Waals surface area contributed by atoms with Crippen LogP contribution in [-0.2, 0) is 0 Å². The molecule has 0 amide bonds. The molecule has 1 aliphatic rings. The lowest BCUT2D eigenvalue weighted by atomic mass is 9.83. The summed E-state index contributed by atoms with van der Waals surface area (Å²) >= 11 is 0. The lowest BCUT2D eigenvalue weighted by Crippen LogP contribution is -2.27. The number of nitrogens with one attached hydrogen (secondary N) is 1. The Morgan fingerprint density at radius 3 is 2.54 bits per heavy atom. The van der Waals surface area contributed by atoms with Crippen molar-refractivity contribution in [2.45, 2.75) is 32.6 Å². The summed E-state index contributed by atoms with van der Waals surface area (Å²) in [6.07, 6.45) is 5.41. The van der Waals surface area contributed by atoms with Gasteiger partial charge in [-0.3, -0.25) is 0 Å². The largest absolute Gasteiger partial charge is 0.512 e. The lowest BCUT2D eigenvalue weighted by Gasteiger charge is -2.26. The van der Waals surface area contributed by atoms with E-state index in [1.807, 2.05) is 0 Å². The Hall–Kier alpha value is -0.500. The van der Waals surface area contributed by atoms with Crippen molar-refractivity contribution >= 4 is 0 Å². The Balaban J connectivity index is 2.05. The van der Waals surface area contributed by atoms with Crippen LogP contribution in [0.3, 0.4) is 0 Å². The summed E-state index contributed by atoms with van der Waals surface area (Å²) in [6, 6.07) is 0. The molecule has 0 unspecified atom stereocenters. The highest BCUT2D eigenvalue weighted by molar-refractivity contribution is 4.82. The molecule has 0 atom stereocenters. The molecule has 0 saturated heterocycles. The molecule has 2 nitrogen and oxygen atoms in total. The van der Waals surface area contributed by atoms with Crippen LogP contribution in [-0.4, -0.2) is 18.2 Å². The quantitative estimate of drug-likeness (QED) is 0.656. The van der Waals surface area contributed by atoms with Crippen molar-refractivity contribution in [2.24, 2.45) is 11.8 Å². The minimum absolute atomic E-state index is 0.240. The summed E-state index contributed by atoms with van der Waals surface area (Å²) in [6.45, 7) is 7.36. The Kier molecular flexibility index (Phi) is 4.29. The van der Waals surface area contributed by atoms with Crippen LogP contribution in [0.4, 0.5) is 0 Å². The Morgan fingerprint density at radius 1 is 1.38 bits per heavy atom. The minimum Gasteiger partial charge on any atom is -0.512 e. The second-order valence-electron chi connectivity index (χ2n) is 4.32. The van der Waals surface area contributed by atoms with E-state index < -0.39 is 0 Å². The summed E-state index contributed by atoms with van der Waals surface area (Å²) in [5.74, 6) is 1.98. The van der Waals surface area contributed by atoms with Gasteiger partial charge in [0, 0.05) is 0 Å². The molecule has 0 radical (unpaired) electrons. The molecule has 1 rings (SSSR count). The van der Waals surface area contributed by atoms with Gasteiger partial charge in [0.05, 0.1) is 12.3 Å². The van der Waals surface area contributed by atoms with Crippen molar-refractivity contribution in [1.29, 1.82) is 0 Å². The Morgan fingerprint density at radius 2 is 2.00 bits per heavy atom. The molecule has 1 fully saturated rings. The molecule has 1 aliphatic carbocycles. The third-order valence-corrected chi connectivity index (χ3v) is 2.90. The van der Waals surface area contributed by atoms with Crippen molar-refractivity contribution in [1.82, 2.24) is 5.32 Å². The van der Waals surface area contributed by atoms with Crippen LogP contribution in [0.1, 0.15) is 32.6 Å². The van der Waals surface area contributed by atoms with Crippen LogP contribution in [0, 0.1) is 11.8 Å². The van der Waals surface area contributed by atoms with E-state index in [1.54, 1.807) is 0 Å². The van der Waals surface area contributed by atoms with Crippen molar-refractivity contribution in [3.8, 4) is 0 Å². The molecule has 76 valence electrons. The van der Waals surface area contributed by atoms with E-state index in [1.165, 1.54) is 25.7 Å². The van der Waals surface area contributed by atoms with Crippen LogP contribution in [0.15, 0.2) is 12.3 Å². The third-order valence-electron chi connectivity index (χ3n) is 2.90. The molecule has 0 aromatic heterocycles. The maximum Gasteiger partial charge on any atom is 0.0988 e. The highest BCUT2D eigenvalue weighted by atomic mass is 16.3. The summed E-state index contributed by atoms with van der Waals surface area (Å²) in [5, 5.41) is 12.1. The predicted octanol–water partition coefficient (Wildman–Crippen LogP) is 2.47. The first kappa shape index (κ1) is 10.6. The zero-order valence-corrected chi connectivity index (χ0v) is 8.55. The normalized spacial score (nSPS) is 28.7. The average molecular weight is 183 g/mol. The fourth-order valence-corrected chi connectivity index (χ4v) is 1.95. The number of aliphatic hydroxyl groups excluding tert-OH is 1. The molecule has 2 N–H and O–H groups in total. The van der Waals surface area contributed by atoms with Gasteiger partial charge in [0.2, 0.25) is 0 Å². The second-order valence-corrected chi connectivity index (χ2v) is 4.32. The van der Waals surface area contributed by atoms with Crippen LogP contribution < -0.4 is 5.32 Å². The maximum atomic E-state index is 8.87. The topological polar surface area (TPSA) is 32.3 Å². The summed E-state index contributed by atoms with van der Waals surface area (Å²) in [4.78, 5) is 0. The molecule has 0 aliphatic heterocycles. The molecule has 13 heavy (non-hydrogen) atoms. The van der Waals surface area contributed by atoms with Crippen LogP contribution in [0.25, 0.3) is 0 Å². The van der Waals surface area contributed by atoms with Gasteiger partial charge in [-0.05, 0) is 31.2 Å². The monoisotopic (exact) mass is 183 g/mol. The van der Waals surface area contributed by atoms with E-state index in [4.69, 9.17) is 5.11 Å². The van der Waals surface area contributed by atoms with Gasteiger partial charge in [0.25, 0.3) is 0 Å². The van der Waals surface area contributed by atoms with Gasteiger partial charge < -0.3 is 10.4 Å². The SMILES string of the molecule is C=C(O)CNCC1CCC(C)CC1. The third kappa shape index (κ3) is 4.32. The van der Waals surface area contributed by atoms with Gasteiger partial charge in [-0.2, -0.15) is 0 Å². The maximum absolute atomic E-state index is 8.87. The summed E-state index contributed by atoms with van der Waals surface area (Å²) in [7, 11) is 0. The standard InChI is InChI=1S/C11H21NO/c1-9-3-5-11(6-4-9)8-12-7-10(2)13/h9,11-13H,2-8H2,1H3. The molecule has 0 aromatic carbocycles. The minimum atomic E-state index is 0.240. The fourth-order valence-electron chi connectivity index (χ4n) is 1.95. The van der Waals surface area contributed by atoms with Crippen molar-refractivity contribution in [3.63, 3.8) is 0 Å². The molecular formula is C11H21NO. The first-order valence-electron chi connectivity index (χ1n) is 5.26. The molecule has 2 heteroatoms. The Bertz CT molecular complexity index is 159. The van der Waals surface area contributed by atoms with E-state index in [0.717, 1.165) is 18.4 Å². The number of hydrogen-bond acceptors (Lipinski definition) is 2. The van der Waals surface area contributed by atoms with Crippen molar-refractivity contribution < 1.29 is 5.11 Å². The molecule has 0 heterocycles.